The summed E-state index contributed by atoms with van der Waals surface area (Å²) < 4.78 is 12.9. The normalized spacial score (nSPS) is 26.3. The second-order valence-electron chi connectivity index (χ2n) is 6.15. The molecule has 0 aromatic heterocycles. The number of benzene rings is 1. The van der Waals surface area contributed by atoms with E-state index in [2.05, 4.69) is 18.7 Å². The Hall–Kier alpha value is -0.930. The van der Waals surface area contributed by atoms with Crippen LogP contribution in [0, 0.1) is 17.7 Å². The maximum absolute atomic E-state index is 12.9. The number of likely N-dealkylation sites (tertiary alicyclic amines) is 1. The second kappa shape index (κ2) is 6.49. The second-order valence-corrected chi connectivity index (χ2v) is 6.15. The average molecular weight is 264 g/mol. The van der Waals surface area contributed by atoms with Crippen molar-refractivity contribution in [2.24, 2.45) is 17.6 Å². The SMILES string of the molecule is CC1CC(C)CN(CCC(N)c2ccc(F)cc2)C1. The van der Waals surface area contributed by atoms with Gasteiger partial charge in [0.25, 0.3) is 0 Å². The molecule has 0 bridgehead atoms. The van der Waals surface area contributed by atoms with Gasteiger partial charge in [-0.3, -0.25) is 0 Å². The fourth-order valence-corrected chi connectivity index (χ4v) is 3.17. The smallest absolute Gasteiger partial charge is 0.123 e. The third kappa shape index (κ3) is 4.29. The number of piperidine rings is 1. The lowest BCUT2D eigenvalue weighted by atomic mass is 9.91. The zero-order valence-corrected chi connectivity index (χ0v) is 12.0. The molecule has 2 nitrogen and oxygen atoms in total. The highest BCUT2D eigenvalue weighted by Crippen LogP contribution is 2.22. The van der Waals surface area contributed by atoms with Crippen LogP contribution >= 0.6 is 0 Å². The maximum Gasteiger partial charge on any atom is 0.123 e. The van der Waals surface area contributed by atoms with E-state index in [1.54, 1.807) is 12.1 Å². The molecule has 2 rings (SSSR count). The van der Waals surface area contributed by atoms with Crippen molar-refractivity contribution in [1.29, 1.82) is 0 Å². The molecule has 0 spiro atoms. The van der Waals surface area contributed by atoms with Crippen LogP contribution in [0.3, 0.4) is 0 Å². The van der Waals surface area contributed by atoms with Crippen LogP contribution in [0.2, 0.25) is 0 Å². The predicted octanol–water partition coefficient (Wildman–Crippen LogP) is 3.19. The van der Waals surface area contributed by atoms with Gasteiger partial charge in [-0.15, -0.1) is 0 Å². The van der Waals surface area contributed by atoms with E-state index in [4.69, 9.17) is 5.73 Å². The minimum Gasteiger partial charge on any atom is -0.324 e. The maximum atomic E-state index is 12.9. The first-order valence-electron chi connectivity index (χ1n) is 7.28. The van der Waals surface area contributed by atoms with Crippen LogP contribution in [0.25, 0.3) is 0 Å². The van der Waals surface area contributed by atoms with E-state index in [0.717, 1.165) is 30.4 Å². The molecule has 0 amide bonds. The van der Waals surface area contributed by atoms with Gasteiger partial charge in [0.2, 0.25) is 0 Å². The summed E-state index contributed by atoms with van der Waals surface area (Å²) >= 11 is 0. The Morgan fingerprint density at radius 2 is 1.79 bits per heavy atom. The largest absolute Gasteiger partial charge is 0.324 e. The van der Waals surface area contributed by atoms with Crippen LogP contribution in [-0.2, 0) is 0 Å². The summed E-state index contributed by atoms with van der Waals surface area (Å²) in [5.74, 6) is 1.37. The molecule has 1 heterocycles. The van der Waals surface area contributed by atoms with Gasteiger partial charge < -0.3 is 10.6 Å². The first-order valence-corrected chi connectivity index (χ1v) is 7.28. The molecule has 3 atom stereocenters. The van der Waals surface area contributed by atoms with Gasteiger partial charge in [0, 0.05) is 19.1 Å². The summed E-state index contributed by atoms with van der Waals surface area (Å²) in [4.78, 5) is 2.52. The molecule has 0 radical (unpaired) electrons. The molecule has 106 valence electrons. The predicted molar refractivity (Wildman–Crippen MR) is 77.3 cm³/mol. The summed E-state index contributed by atoms with van der Waals surface area (Å²) in [6.07, 6.45) is 2.27. The minimum absolute atomic E-state index is 0.00754. The fraction of sp³-hybridized carbons (Fsp3) is 0.625. The van der Waals surface area contributed by atoms with E-state index in [1.165, 1.54) is 31.6 Å². The van der Waals surface area contributed by atoms with E-state index in [9.17, 15) is 4.39 Å². The van der Waals surface area contributed by atoms with Crippen molar-refractivity contribution in [1.82, 2.24) is 4.90 Å². The van der Waals surface area contributed by atoms with E-state index < -0.39 is 0 Å². The number of hydrogen-bond acceptors (Lipinski definition) is 2. The van der Waals surface area contributed by atoms with Crippen molar-refractivity contribution in [3.05, 3.63) is 35.6 Å². The van der Waals surface area contributed by atoms with Crippen molar-refractivity contribution < 1.29 is 4.39 Å². The van der Waals surface area contributed by atoms with E-state index in [1.807, 2.05) is 0 Å². The van der Waals surface area contributed by atoms with Gasteiger partial charge in [-0.25, -0.2) is 4.39 Å². The first kappa shape index (κ1) is 14.5. The Bertz CT molecular complexity index is 380. The van der Waals surface area contributed by atoms with Crippen LogP contribution in [0.4, 0.5) is 4.39 Å². The van der Waals surface area contributed by atoms with Gasteiger partial charge >= 0.3 is 0 Å². The summed E-state index contributed by atoms with van der Waals surface area (Å²) in [5.41, 5.74) is 7.21. The molecule has 1 aromatic carbocycles. The minimum atomic E-state index is -0.199. The highest BCUT2D eigenvalue weighted by atomic mass is 19.1. The monoisotopic (exact) mass is 264 g/mol. The number of nitrogens with two attached hydrogens (primary N) is 1. The zero-order valence-electron chi connectivity index (χ0n) is 12.0. The highest BCUT2D eigenvalue weighted by Gasteiger charge is 2.21. The van der Waals surface area contributed by atoms with Crippen molar-refractivity contribution >= 4 is 0 Å². The van der Waals surface area contributed by atoms with E-state index in [-0.39, 0.29) is 11.9 Å². The van der Waals surface area contributed by atoms with Crippen LogP contribution < -0.4 is 5.73 Å². The molecule has 1 fully saturated rings. The standard InChI is InChI=1S/C16H25FN2/c1-12-9-13(2)11-19(10-12)8-7-16(18)14-3-5-15(17)6-4-14/h3-6,12-13,16H,7-11,18H2,1-2H3. The Morgan fingerprint density at radius 1 is 1.21 bits per heavy atom. The van der Waals surface area contributed by atoms with Crippen molar-refractivity contribution in [3.63, 3.8) is 0 Å². The number of hydrogen-bond donors (Lipinski definition) is 1. The molecule has 3 heteroatoms. The average Bonchev–Trinajstić information content (AvgIpc) is 2.36. The van der Waals surface area contributed by atoms with Gasteiger partial charge in [-0.2, -0.15) is 0 Å². The zero-order chi connectivity index (χ0) is 13.8. The van der Waals surface area contributed by atoms with Crippen LogP contribution in [-0.4, -0.2) is 24.5 Å². The molecule has 19 heavy (non-hydrogen) atoms. The van der Waals surface area contributed by atoms with Gasteiger partial charge in [0.05, 0.1) is 0 Å². The molecule has 2 N–H and O–H groups in total. The lowest BCUT2D eigenvalue weighted by molar-refractivity contribution is 0.137. The number of nitrogens with zero attached hydrogens (tertiary/aromatic N) is 1. The van der Waals surface area contributed by atoms with E-state index in [0.29, 0.717) is 0 Å². The number of rotatable bonds is 4. The molecule has 0 saturated carbocycles. The van der Waals surface area contributed by atoms with Crippen LogP contribution in [0.15, 0.2) is 24.3 Å². The number of halogens is 1. The van der Waals surface area contributed by atoms with Crippen LogP contribution in [0.5, 0.6) is 0 Å². The molecule has 1 aliphatic heterocycles. The summed E-state index contributed by atoms with van der Waals surface area (Å²) in [5, 5.41) is 0. The van der Waals surface area contributed by atoms with Gasteiger partial charge in [-0.05, 0) is 48.9 Å². The van der Waals surface area contributed by atoms with Crippen molar-refractivity contribution in [2.45, 2.75) is 32.7 Å². The van der Waals surface area contributed by atoms with Crippen molar-refractivity contribution in [3.8, 4) is 0 Å². The molecule has 1 aromatic rings. The summed E-state index contributed by atoms with van der Waals surface area (Å²) in [7, 11) is 0. The topological polar surface area (TPSA) is 29.3 Å². The summed E-state index contributed by atoms with van der Waals surface area (Å²) in [6, 6.07) is 6.57. The molecular weight excluding hydrogens is 239 g/mol. The Balaban J connectivity index is 1.83. The first-order chi connectivity index (χ1) is 9.04. The van der Waals surface area contributed by atoms with Crippen molar-refractivity contribution in [2.75, 3.05) is 19.6 Å². The highest BCUT2D eigenvalue weighted by molar-refractivity contribution is 5.19. The van der Waals surface area contributed by atoms with Gasteiger partial charge in [-0.1, -0.05) is 26.0 Å². The quantitative estimate of drug-likeness (QED) is 0.905. The van der Waals surface area contributed by atoms with Gasteiger partial charge in [0.1, 0.15) is 5.82 Å². The third-order valence-electron chi connectivity index (χ3n) is 4.00. The Labute approximate surface area is 115 Å². The van der Waals surface area contributed by atoms with E-state index >= 15 is 0 Å². The summed E-state index contributed by atoms with van der Waals surface area (Å²) in [6.45, 7) is 8.04. The Morgan fingerprint density at radius 3 is 2.37 bits per heavy atom. The third-order valence-corrected chi connectivity index (χ3v) is 4.00. The molecule has 1 aliphatic rings. The molecule has 3 unspecified atom stereocenters. The lowest BCUT2D eigenvalue weighted by Crippen LogP contribution is -2.39. The lowest BCUT2D eigenvalue weighted by Gasteiger charge is -2.35. The molecular formula is C16H25FN2. The van der Waals surface area contributed by atoms with Gasteiger partial charge in [0.15, 0.2) is 0 Å². The molecule has 0 aliphatic carbocycles. The molecule has 1 saturated heterocycles. The fourth-order valence-electron chi connectivity index (χ4n) is 3.17. The van der Waals surface area contributed by atoms with Crippen LogP contribution in [0.1, 0.15) is 38.3 Å². The Kier molecular flexibility index (Phi) is 4.94.